The van der Waals surface area contributed by atoms with Gasteiger partial charge in [-0.15, -0.1) is 0 Å². The number of rotatable bonds is 6. The average Bonchev–Trinajstić information content (AvgIpc) is 3.32. The second kappa shape index (κ2) is 8.14. The highest BCUT2D eigenvalue weighted by Crippen LogP contribution is 2.45. The van der Waals surface area contributed by atoms with Crippen LogP contribution in [0.25, 0.3) is 10.9 Å². The third-order valence-corrected chi connectivity index (χ3v) is 7.43. The lowest BCUT2D eigenvalue weighted by Gasteiger charge is -2.15. The standard InChI is InChI=1S/C26H27N3O5/c1-27-26(32)18-10-14(25(31)28-23-20-11-33-12-21(20)23)9-17-19(13-34-24(17)18)15-3-2-4-22-16(15)5-6-29(22)7-8-30/h2-6,9-10,19-21,23,30H,7-8,11-13H2,1H3,(H,27,32)(H,28,31)/t19?,20-,21+,23?. The van der Waals surface area contributed by atoms with Crippen molar-refractivity contribution in [2.75, 3.05) is 33.5 Å². The molecule has 8 heteroatoms. The van der Waals surface area contributed by atoms with Gasteiger partial charge in [0.25, 0.3) is 11.8 Å². The highest BCUT2D eigenvalue weighted by atomic mass is 16.5. The Balaban J connectivity index is 1.39. The SMILES string of the molecule is CNC(=O)c1cc(C(=O)NC2[C@H]3COC[C@@H]23)cc2c1OCC2c1cccc2c1ccn2CCO. The number of carbonyl (C=O) groups is 2. The molecule has 3 aliphatic rings. The number of fused-ring (bicyclic) bond motifs is 3. The van der Waals surface area contributed by atoms with Crippen LogP contribution in [0.4, 0.5) is 0 Å². The van der Waals surface area contributed by atoms with Crippen LogP contribution < -0.4 is 15.4 Å². The molecule has 2 aromatic carbocycles. The molecule has 3 heterocycles. The maximum absolute atomic E-state index is 13.2. The monoisotopic (exact) mass is 461 g/mol. The van der Waals surface area contributed by atoms with Gasteiger partial charge in [-0.25, -0.2) is 0 Å². The first-order valence-electron chi connectivity index (χ1n) is 11.7. The molecule has 2 aliphatic heterocycles. The molecule has 2 unspecified atom stereocenters. The van der Waals surface area contributed by atoms with Gasteiger partial charge in [-0.2, -0.15) is 0 Å². The Morgan fingerprint density at radius 1 is 1.09 bits per heavy atom. The molecule has 176 valence electrons. The highest BCUT2D eigenvalue weighted by Gasteiger charge is 2.54. The van der Waals surface area contributed by atoms with E-state index >= 15 is 0 Å². The van der Waals surface area contributed by atoms with Gasteiger partial charge in [0.05, 0.1) is 32.0 Å². The molecule has 2 amide bonds. The van der Waals surface area contributed by atoms with E-state index in [1.807, 2.05) is 35.0 Å². The van der Waals surface area contributed by atoms with Crippen molar-refractivity contribution in [1.29, 1.82) is 0 Å². The zero-order valence-electron chi connectivity index (χ0n) is 18.9. The van der Waals surface area contributed by atoms with Gasteiger partial charge in [0, 0.05) is 65.6 Å². The van der Waals surface area contributed by atoms with E-state index in [0.717, 1.165) is 22.0 Å². The number of hydrogen-bond donors (Lipinski definition) is 3. The molecule has 2 fully saturated rings. The molecule has 1 aromatic heterocycles. The number of aliphatic hydroxyl groups is 1. The summed E-state index contributed by atoms with van der Waals surface area (Å²) in [4.78, 5) is 25.9. The van der Waals surface area contributed by atoms with E-state index in [9.17, 15) is 14.7 Å². The zero-order chi connectivity index (χ0) is 23.4. The Labute approximate surface area is 196 Å². The lowest BCUT2D eigenvalue weighted by molar-refractivity contribution is 0.0929. The minimum absolute atomic E-state index is 0.0617. The van der Waals surface area contributed by atoms with Crippen molar-refractivity contribution in [3.8, 4) is 5.75 Å². The van der Waals surface area contributed by atoms with E-state index in [2.05, 4.69) is 16.7 Å². The molecule has 1 aliphatic carbocycles. The van der Waals surface area contributed by atoms with Crippen LogP contribution in [-0.4, -0.2) is 61.0 Å². The van der Waals surface area contributed by atoms with Crippen LogP contribution in [0, 0.1) is 11.8 Å². The number of hydrogen-bond acceptors (Lipinski definition) is 5. The fourth-order valence-corrected chi connectivity index (χ4v) is 5.56. The lowest BCUT2D eigenvalue weighted by atomic mass is 9.88. The quantitative estimate of drug-likeness (QED) is 0.521. The Morgan fingerprint density at radius 2 is 1.91 bits per heavy atom. The second-order valence-electron chi connectivity index (χ2n) is 9.26. The van der Waals surface area contributed by atoms with E-state index in [0.29, 0.717) is 55.1 Å². The van der Waals surface area contributed by atoms with Gasteiger partial charge in [0.15, 0.2) is 0 Å². The molecule has 0 spiro atoms. The van der Waals surface area contributed by atoms with Crippen LogP contribution in [0.3, 0.4) is 0 Å². The smallest absolute Gasteiger partial charge is 0.254 e. The normalized spacial score (nSPS) is 24.4. The third-order valence-electron chi connectivity index (χ3n) is 7.43. The Morgan fingerprint density at radius 3 is 2.68 bits per heavy atom. The lowest BCUT2D eigenvalue weighted by Crippen LogP contribution is -2.30. The predicted molar refractivity (Wildman–Crippen MR) is 125 cm³/mol. The van der Waals surface area contributed by atoms with Gasteiger partial charge in [-0.3, -0.25) is 9.59 Å². The minimum atomic E-state index is -0.282. The van der Waals surface area contributed by atoms with Crippen molar-refractivity contribution in [2.45, 2.75) is 18.5 Å². The van der Waals surface area contributed by atoms with Gasteiger partial charge in [-0.1, -0.05) is 12.1 Å². The fourth-order valence-electron chi connectivity index (χ4n) is 5.56. The van der Waals surface area contributed by atoms with Crippen molar-refractivity contribution >= 4 is 22.7 Å². The van der Waals surface area contributed by atoms with Crippen LogP contribution in [0.15, 0.2) is 42.6 Å². The van der Waals surface area contributed by atoms with Gasteiger partial charge >= 0.3 is 0 Å². The molecule has 1 saturated carbocycles. The summed E-state index contributed by atoms with van der Waals surface area (Å²) in [6, 6.07) is 11.8. The number of nitrogens with one attached hydrogen (secondary N) is 2. The molecular weight excluding hydrogens is 434 g/mol. The number of aliphatic hydroxyl groups excluding tert-OH is 1. The first-order chi connectivity index (χ1) is 16.6. The Bertz CT molecular complexity index is 1290. The molecule has 3 aromatic rings. The highest BCUT2D eigenvalue weighted by molar-refractivity contribution is 6.02. The summed E-state index contributed by atoms with van der Waals surface area (Å²) in [6.07, 6.45) is 1.97. The molecule has 8 nitrogen and oxygen atoms in total. The number of carbonyl (C=O) groups excluding carboxylic acids is 2. The van der Waals surface area contributed by atoms with E-state index < -0.39 is 0 Å². The van der Waals surface area contributed by atoms with Crippen molar-refractivity contribution in [1.82, 2.24) is 15.2 Å². The third kappa shape index (κ3) is 3.28. The molecule has 3 N–H and O–H groups in total. The molecule has 1 saturated heterocycles. The average molecular weight is 462 g/mol. The summed E-state index contributed by atoms with van der Waals surface area (Å²) in [6.45, 7) is 2.35. The number of nitrogens with zero attached hydrogens (tertiary/aromatic N) is 1. The van der Waals surface area contributed by atoms with Gasteiger partial charge in [0.1, 0.15) is 5.75 Å². The molecule has 6 rings (SSSR count). The van der Waals surface area contributed by atoms with Gasteiger partial charge in [0.2, 0.25) is 0 Å². The Hall–Kier alpha value is -3.36. The summed E-state index contributed by atoms with van der Waals surface area (Å²) in [5, 5.41) is 16.3. The van der Waals surface area contributed by atoms with Gasteiger partial charge in [-0.05, 0) is 29.8 Å². The second-order valence-corrected chi connectivity index (χ2v) is 9.26. The van der Waals surface area contributed by atoms with E-state index in [4.69, 9.17) is 9.47 Å². The van der Waals surface area contributed by atoms with Crippen LogP contribution in [0.2, 0.25) is 0 Å². The molecule has 0 bridgehead atoms. The van der Waals surface area contributed by atoms with Crippen LogP contribution in [-0.2, 0) is 11.3 Å². The Kier molecular flexibility index (Phi) is 5.08. The fraction of sp³-hybridized carbons (Fsp3) is 0.385. The maximum atomic E-state index is 13.2. The number of amides is 2. The van der Waals surface area contributed by atoms with Crippen LogP contribution >= 0.6 is 0 Å². The van der Waals surface area contributed by atoms with Crippen LogP contribution in [0.1, 0.15) is 37.8 Å². The topological polar surface area (TPSA) is 102 Å². The molecule has 34 heavy (non-hydrogen) atoms. The first kappa shape index (κ1) is 21.2. The summed E-state index contributed by atoms with van der Waals surface area (Å²) in [7, 11) is 1.57. The zero-order valence-corrected chi connectivity index (χ0v) is 18.9. The molecule has 0 radical (unpaired) electrons. The predicted octanol–water partition coefficient (Wildman–Crippen LogP) is 1.89. The van der Waals surface area contributed by atoms with Crippen molar-refractivity contribution in [2.24, 2.45) is 11.8 Å². The summed E-state index contributed by atoms with van der Waals surface area (Å²) in [5.41, 5.74) is 3.78. The summed E-state index contributed by atoms with van der Waals surface area (Å²) in [5.74, 6) is 0.751. The van der Waals surface area contributed by atoms with E-state index in [1.165, 1.54) is 0 Å². The largest absolute Gasteiger partial charge is 0.491 e. The van der Waals surface area contributed by atoms with Crippen molar-refractivity contribution in [3.05, 3.63) is 64.8 Å². The van der Waals surface area contributed by atoms with Crippen molar-refractivity contribution in [3.63, 3.8) is 0 Å². The van der Waals surface area contributed by atoms with E-state index in [1.54, 1.807) is 13.1 Å². The maximum Gasteiger partial charge on any atom is 0.254 e. The number of benzene rings is 2. The summed E-state index contributed by atoms with van der Waals surface area (Å²) < 4.78 is 13.5. The number of aromatic nitrogens is 1. The molecular formula is C26H27N3O5. The van der Waals surface area contributed by atoms with E-state index in [-0.39, 0.29) is 30.4 Å². The van der Waals surface area contributed by atoms with Crippen LogP contribution in [0.5, 0.6) is 5.75 Å². The molecule has 4 atom stereocenters. The van der Waals surface area contributed by atoms with Crippen molar-refractivity contribution < 1.29 is 24.2 Å². The minimum Gasteiger partial charge on any atom is -0.491 e. The number of ether oxygens (including phenoxy) is 2. The van der Waals surface area contributed by atoms with Gasteiger partial charge < -0.3 is 29.8 Å². The summed E-state index contributed by atoms with van der Waals surface area (Å²) >= 11 is 0. The first-order valence-corrected chi connectivity index (χ1v) is 11.7.